The van der Waals surface area contributed by atoms with Crippen LogP contribution in [0.25, 0.3) is 0 Å². The number of nitrogens with one attached hydrogen (secondary N) is 1. The molecular formula is C16H21NO3S. The first kappa shape index (κ1) is 15.9. The molecule has 2 N–H and O–H groups in total. The zero-order valence-electron chi connectivity index (χ0n) is 12.4. The highest BCUT2D eigenvalue weighted by Crippen LogP contribution is 2.34. The molecule has 0 aromatic heterocycles. The summed E-state index contributed by atoms with van der Waals surface area (Å²) in [7, 11) is 0. The third kappa shape index (κ3) is 5.08. The molecule has 0 aliphatic heterocycles. The number of carbonyl (C=O) groups excluding carboxylic acids is 1. The lowest BCUT2D eigenvalue weighted by molar-refractivity contribution is -0.137. The number of carboxylic acid groups (broad SMARTS) is 1. The van der Waals surface area contributed by atoms with Gasteiger partial charge in [-0.05, 0) is 44.2 Å². The molecule has 1 fully saturated rings. The SMILES string of the molecule is Cc1ccc(C)c(SCC(=O)NC(CC(=O)O)C2CC2)c1. The Hall–Kier alpha value is -1.49. The first-order chi connectivity index (χ1) is 9.95. The number of hydrogen-bond acceptors (Lipinski definition) is 3. The maximum Gasteiger partial charge on any atom is 0.305 e. The van der Waals surface area contributed by atoms with Gasteiger partial charge in [-0.15, -0.1) is 11.8 Å². The second-order valence-corrected chi connectivity index (χ2v) is 6.68. The van der Waals surface area contributed by atoms with Crippen molar-refractivity contribution in [1.82, 2.24) is 5.32 Å². The molecule has 21 heavy (non-hydrogen) atoms. The van der Waals surface area contributed by atoms with Crippen LogP contribution in [0.2, 0.25) is 0 Å². The second-order valence-electron chi connectivity index (χ2n) is 5.67. The monoisotopic (exact) mass is 307 g/mol. The molecule has 1 aromatic carbocycles. The van der Waals surface area contributed by atoms with Crippen LogP contribution in [0, 0.1) is 19.8 Å². The summed E-state index contributed by atoms with van der Waals surface area (Å²) >= 11 is 1.50. The van der Waals surface area contributed by atoms with Crippen LogP contribution < -0.4 is 5.32 Å². The molecule has 1 aromatic rings. The van der Waals surface area contributed by atoms with Gasteiger partial charge in [-0.3, -0.25) is 9.59 Å². The highest BCUT2D eigenvalue weighted by molar-refractivity contribution is 8.00. The topological polar surface area (TPSA) is 66.4 Å². The maximum absolute atomic E-state index is 12.0. The van der Waals surface area contributed by atoms with Crippen LogP contribution in [0.15, 0.2) is 23.1 Å². The molecule has 0 bridgehead atoms. The van der Waals surface area contributed by atoms with Crippen molar-refractivity contribution in [3.8, 4) is 0 Å². The summed E-state index contributed by atoms with van der Waals surface area (Å²) in [5.74, 6) is -0.267. The van der Waals surface area contributed by atoms with Crippen molar-refractivity contribution in [1.29, 1.82) is 0 Å². The van der Waals surface area contributed by atoms with Crippen molar-refractivity contribution < 1.29 is 14.7 Å². The number of amides is 1. The molecule has 1 amide bonds. The number of rotatable bonds is 7. The Morgan fingerprint density at radius 1 is 1.38 bits per heavy atom. The summed E-state index contributed by atoms with van der Waals surface area (Å²) in [5.41, 5.74) is 2.33. The number of carboxylic acids is 1. The van der Waals surface area contributed by atoms with E-state index >= 15 is 0 Å². The molecule has 0 radical (unpaired) electrons. The van der Waals surface area contributed by atoms with E-state index in [1.165, 1.54) is 17.3 Å². The molecule has 0 heterocycles. The van der Waals surface area contributed by atoms with Gasteiger partial charge in [0.1, 0.15) is 0 Å². The van der Waals surface area contributed by atoms with E-state index in [9.17, 15) is 9.59 Å². The smallest absolute Gasteiger partial charge is 0.305 e. The molecule has 114 valence electrons. The Morgan fingerprint density at radius 2 is 2.10 bits per heavy atom. The summed E-state index contributed by atoms with van der Waals surface area (Å²) < 4.78 is 0. The number of thioether (sulfide) groups is 1. The largest absolute Gasteiger partial charge is 0.481 e. The summed E-state index contributed by atoms with van der Waals surface area (Å²) in [6, 6.07) is 5.96. The number of aryl methyl sites for hydroxylation is 2. The fourth-order valence-electron chi connectivity index (χ4n) is 2.28. The van der Waals surface area contributed by atoms with Gasteiger partial charge in [0.15, 0.2) is 0 Å². The van der Waals surface area contributed by atoms with Gasteiger partial charge in [-0.2, -0.15) is 0 Å². The molecule has 5 heteroatoms. The highest BCUT2D eigenvalue weighted by atomic mass is 32.2. The zero-order chi connectivity index (χ0) is 15.4. The molecule has 0 saturated heterocycles. The molecule has 4 nitrogen and oxygen atoms in total. The van der Waals surface area contributed by atoms with E-state index in [0.717, 1.165) is 23.3 Å². The summed E-state index contributed by atoms with van der Waals surface area (Å²) in [4.78, 5) is 23.9. The van der Waals surface area contributed by atoms with Crippen LogP contribution in [-0.2, 0) is 9.59 Å². The standard InChI is InChI=1S/C16H21NO3S/c1-10-3-4-11(2)14(7-10)21-9-15(18)17-13(8-16(19)20)12-5-6-12/h3-4,7,12-13H,5-6,8-9H2,1-2H3,(H,17,18)(H,19,20). The zero-order valence-corrected chi connectivity index (χ0v) is 13.2. The Bertz CT molecular complexity index is 540. The lowest BCUT2D eigenvalue weighted by Gasteiger charge is -2.16. The molecule has 2 rings (SSSR count). The second kappa shape index (κ2) is 6.98. The highest BCUT2D eigenvalue weighted by Gasteiger charge is 2.33. The fourth-order valence-corrected chi connectivity index (χ4v) is 3.21. The van der Waals surface area contributed by atoms with Gasteiger partial charge in [0.25, 0.3) is 0 Å². The summed E-state index contributed by atoms with van der Waals surface area (Å²) in [5, 5.41) is 11.8. The average Bonchev–Trinajstić information content (AvgIpc) is 3.23. The van der Waals surface area contributed by atoms with Crippen molar-refractivity contribution in [2.75, 3.05) is 5.75 Å². The molecule has 0 spiro atoms. The van der Waals surface area contributed by atoms with Gasteiger partial charge >= 0.3 is 5.97 Å². The van der Waals surface area contributed by atoms with E-state index < -0.39 is 5.97 Å². The third-order valence-corrected chi connectivity index (χ3v) is 4.79. The van der Waals surface area contributed by atoms with Crippen LogP contribution >= 0.6 is 11.8 Å². The van der Waals surface area contributed by atoms with Crippen molar-refractivity contribution in [2.24, 2.45) is 5.92 Å². The molecule has 1 aliphatic carbocycles. The Morgan fingerprint density at radius 3 is 2.71 bits per heavy atom. The third-order valence-electron chi connectivity index (χ3n) is 3.63. The van der Waals surface area contributed by atoms with E-state index in [0.29, 0.717) is 11.7 Å². The fraction of sp³-hybridized carbons (Fsp3) is 0.500. The lowest BCUT2D eigenvalue weighted by atomic mass is 10.1. The predicted molar refractivity (Wildman–Crippen MR) is 83.5 cm³/mol. The Kier molecular flexibility index (Phi) is 5.28. The average molecular weight is 307 g/mol. The maximum atomic E-state index is 12.0. The Balaban J connectivity index is 1.86. The van der Waals surface area contributed by atoms with Crippen molar-refractivity contribution in [3.05, 3.63) is 29.3 Å². The van der Waals surface area contributed by atoms with Crippen LogP contribution in [0.1, 0.15) is 30.4 Å². The van der Waals surface area contributed by atoms with Gasteiger partial charge < -0.3 is 10.4 Å². The number of hydrogen-bond donors (Lipinski definition) is 2. The van der Waals surface area contributed by atoms with Crippen LogP contribution in [0.4, 0.5) is 0 Å². The number of benzene rings is 1. The van der Waals surface area contributed by atoms with Crippen molar-refractivity contribution >= 4 is 23.6 Å². The Labute approximate surface area is 129 Å². The molecule has 1 aliphatic rings. The van der Waals surface area contributed by atoms with E-state index in [2.05, 4.69) is 17.4 Å². The summed E-state index contributed by atoms with van der Waals surface area (Å²) in [6.45, 7) is 4.05. The van der Waals surface area contributed by atoms with Crippen molar-refractivity contribution in [3.63, 3.8) is 0 Å². The molecule has 1 saturated carbocycles. The minimum absolute atomic E-state index is 0.0184. The van der Waals surface area contributed by atoms with Crippen LogP contribution in [0.3, 0.4) is 0 Å². The van der Waals surface area contributed by atoms with Gasteiger partial charge in [-0.1, -0.05) is 17.7 Å². The van der Waals surface area contributed by atoms with E-state index in [-0.39, 0.29) is 18.4 Å². The minimum Gasteiger partial charge on any atom is -0.481 e. The quantitative estimate of drug-likeness (QED) is 0.760. The van der Waals surface area contributed by atoms with Crippen molar-refractivity contribution in [2.45, 2.75) is 44.0 Å². The summed E-state index contributed by atoms with van der Waals surface area (Å²) in [6.07, 6.45) is 2.05. The van der Waals surface area contributed by atoms with E-state index in [1.807, 2.05) is 19.9 Å². The van der Waals surface area contributed by atoms with E-state index in [1.54, 1.807) is 0 Å². The van der Waals surface area contributed by atoms with Crippen LogP contribution in [-0.4, -0.2) is 28.8 Å². The lowest BCUT2D eigenvalue weighted by Crippen LogP contribution is -2.39. The van der Waals surface area contributed by atoms with Gasteiger partial charge in [-0.25, -0.2) is 0 Å². The molecule has 1 unspecified atom stereocenters. The van der Waals surface area contributed by atoms with Crippen LogP contribution in [0.5, 0.6) is 0 Å². The van der Waals surface area contributed by atoms with Gasteiger partial charge in [0.2, 0.25) is 5.91 Å². The first-order valence-electron chi connectivity index (χ1n) is 7.17. The number of aliphatic carboxylic acids is 1. The molecule has 1 atom stereocenters. The molecular weight excluding hydrogens is 286 g/mol. The van der Waals surface area contributed by atoms with Gasteiger partial charge in [0.05, 0.1) is 12.2 Å². The predicted octanol–water partition coefficient (Wildman–Crippen LogP) is 2.77. The normalized spacial score (nSPS) is 15.5. The van der Waals surface area contributed by atoms with E-state index in [4.69, 9.17) is 5.11 Å². The first-order valence-corrected chi connectivity index (χ1v) is 8.15. The number of carbonyl (C=O) groups is 2. The van der Waals surface area contributed by atoms with Gasteiger partial charge in [0, 0.05) is 10.9 Å². The minimum atomic E-state index is -0.852.